The van der Waals surface area contributed by atoms with Gasteiger partial charge in [-0.15, -0.1) is 0 Å². The van der Waals surface area contributed by atoms with Crippen molar-refractivity contribution in [3.63, 3.8) is 0 Å². The number of nitrogens with zero attached hydrogens (tertiary/aromatic N) is 2. The Morgan fingerprint density at radius 1 is 1.00 bits per heavy atom. The number of aromatic nitrogens is 2. The summed E-state index contributed by atoms with van der Waals surface area (Å²) in [7, 11) is 0. The monoisotopic (exact) mass is 269 g/mol. The van der Waals surface area contributed by atoms with Crippen LogP contribution in [0.25, 0.3) is 11.4 Å². The molecule has 4 nitrogen and oxygen atoms in total. The predicted molar refractivity (Wildman–Crippen MR) is 73.5 cm³/mol. The lowest BCUT2D eigenvalue weighted by Crippen LogP contribution is -1.99. The Bertz CT molecular complexity index is 680. The second kappa shape index (κ2) is 5.52. The SMILES string of the molecule is Fc1ccc(CNc2nc(-c3ccccc3)no2)cc1. The van der Waals surface area contributed by atoms with Crippen LogP contribution in [0.1, 0.15) is 5.56 Å². The lowest BCUT2D eigenvalue weighted by Gasteiger charge is -2.00. The van der Waals surface area contributed by atoms with Gasteiger partial charge >= 0.3 is 6.01 Å². The van der Waals surface area contributed by atoms with Crippen molar-refractivity contribution in [2.24, 2.45) is 0 Å². The van der Waals surface area contributed by atoms with E-state index in [1.807, 2.05) is 30.3 Å². The molecule has 0 fully saturated rings. The van der Waals surface area contributed by atoms with Gasteiger partial charge in [-0.25, -0.2) is 4.39 Å². The fourth-order valence-electron chi connectivity index (χ4n) is 1.78. The molecule has 0 saturated heterocycles. The molecular weight excluding hydrogens is 257 g/mol. The van der Waals surface area contributed by atoms with Crippen LogP contribution in [0, 0.1) is 5.82 Å². The van der Waals surface area contributed by atoms with Crippen molar-refractivity contribution in [3.8, 4) is 11.4 Å². The molecule has 0 amide bonds. The van der Waals surface area contributed by atoms with E-state index in [1.165, 1.54) is 12.1 Å². The molecule has 0 radical (unpaired) electrons. The average Bonchev–Trinajstić information content (AvgIpc) is 2.97. The highest BCUT2D eigenvalue weighted by molar-refractivity contribution is 5.54. The zero-order valence-electron chi connectivity index (χ0n) is 10.6. The van der Waals surface area contributed by atoms with Crippen molar-refractivity contribution in [1.29, 1.82) is 0 Å². The van der Waals surface area contributed by atoms with Crippen molar-refractivity contribution in [2.75, 3.05) is 5.32 Å². The van der Waals surface area contributed by atoms with Gasteiger partial charge < -0.3 is 9.84 Å². The Balaban J connectivity index is 1.67. The highest BCUT2D eigenvalue weighted by Crippen LogP contribution is 2.17. The van der Waals surface area contributed by atoms with Crippen LogP contribution in [0.5, 0.6) is 0 Å². The number of hydrogen-bond donors (Lipinski definition) is 1. The Kier molecular flexibility index (Phi) is 3.41. The molecule has 3 rings (SSSR count). The van der Waals surface area contributed by atoms with Crippen molar-refractivity contribution < 1.29 is 8.91 Å². The normalized spacial score (nSPS) is 10.4. The first kappa shape index (κ1) is 12.3. The Morgan fingerprint density at radius 3 is 2.50 bits per heavy atom. The van der Waals surface area contributed by atoms with Gasteiger partial charge in [0.1, 0.15) is 5.82 Å². The number of benzene rings is 2. The smallest absolute Gasteiger partial charge is 0.322 e. The van der Waals surface area contributed by atoms with Crippen LogP contribution in [0.4, 0.5) is 10.4 Å². The second-order valence-corrected chi connectivity index (χ2v) is 4.27. The van der Waals surface area contributed by atoms with Crippen molar-refractivity contribution >= 4 is 6.01 Å². The van der Waals surface area contributed by atoms with Crippen molar-refractivity contribution in [3.05, 3.63) is 66.0 Å². The molecule has 0 spiro atoms. The summed E-state index contributed by atoms with van der Waals surface area (Å²) in [5.41, 5.74) is 1.83. The van der Waals surface area contributed by atoms with E-state index in [2.05, 4.69) is 15.5 Å². The first-order chi connectivity index (χ1) is 9.81. The van der Waals surface area contributed by atoms with E-state index < -0.39 is 0 Å². The van der Waals surface area contributed by atoms with E-state index in [4.69, 9.17) is 4.52 Å². The van der Waals surface area contributed by atoms with Crippen LogP contribution in [0.2, 0.25) is 0 Å². The third kappa shape index (κ3) is 2.83. The molecule has 0 bridgehead atoms. The van der Waals surface area contributed by atoms with Crippen LogP contribution in [-0.4, -0.2) is 10.1 Å². The summed E-state index contributed by atoms with van der Waals surface area (Å²) in [5.74, 6) is 0.283. The van der Waals surface area contributed by atoms with Crippen molar-refractivity contribution in [1.82, 2.24) is 10.1 Å². The average molecular weight is 269 g/mol. The summed E-state index contributed by atoms with van der Waals surface area (Å²) in [6.07, 6.45) is 0. The van der Waals surface area contributed by atoms with E-state index >= 15 is 0 Å². The largest absolute Gasteiger partial charge is 0.334 e. The summed E-state index contributed by atoms with van der Waals surface area (Å²) >= 11 is 0. The molecule has 100 valence electrons. The third-order valence-electron chi connectivity index (χ3n) is 2.82. The summed E-state index contributed by atoms with van der Waals surface area (Å²) in [5, 5.41) is 6.91. The molecule has 0 aliphatic heterocycles. The number of halogens is 1. The molecule has 20 heavy (non-hydrogen) atoms. The maximum absolute atomic E-state index is 12.8. The van der Waals surface area contributed by atoms with E-state index in [9.17, 15) is 4.39 Å². The molecule has 0 atom stereocenters. The molecule has 0 unspecified atom stereocenters. The quantitative estimate of drug-likeness (QED) is 0.787. The van der Waals surface area contributed by atoms with E-state index in [0.29, 0.717) is 18.4 Å². The minimum atomic E-state index is -0.252. The van der Waals surface area contributed by atoms with Gasteiger partial charge in [-0.1, -0.05) is 47.6 Å². The van der Waals surface area contributed by atoms with E-state index in [1.54, 1.807) is 12.1 Å². The Labute approximate surface area is 115 Å². The third-order valence-corrected chi connectivity index (χ3v) is 2.82. The van der Waals surface area contributed by atoms with Gasteiger partial charge in [-0.3, -0.25) is 0 Å². The lowest BCUT2D eigenvalue weighted by molar-refractivity contribution is 0.432. The van der Waals surface area contributed by atoms with Gasteiger partial charge in [0.25, 0.3) is 0 Å². The molecule has 1 heterocycles. The molecular formula is C15H12FN3O. The van der Waals surface area contributed by atoms with Gasteiger partial charge in [0.05, 0.1) is 0 Å². The number of nitrogens with one attached hydrogen (secondary N) is 1. The molecule has 3 aromatic rings. The van der Waals surface area contributed by atoms with Gasteiger partial charge in [0.15, 0.2) is 0 Å². The summed E-state index contributed by atoms with van der Waals surface area (Å²) in [6.45, 7) is 0.497. The van der Waals surface area contributed by atoms with Crippen LogP contribution in [0.3, 0.4) is 0 Å². The van der Waals surface area contributed by atoms with Crippen LogP contribution < -0.4 is 5.32 Å². The standard InChI is InChI=1S/C15H12FN3O/c16-13-8-6-11(7-9-13)10-17-15-18-14(19-20-15)12-4-2-1-3-5-12/h1-9H,10H2,(H,17,18,19). The second-order valence-electron chi connectivity index (χ2n) is 4.27. The van der Waals surface area contributed by atoms with Gasteiger partial charge in [-0.2, -0.15) is 4.98 Å². The van der Waals surface area contributed by atoms with Crippen LogP contribution in [0.15, 0.2) is 59.1 Å². The molecule has 0 aliphatic carbocycles. The first-order valence-electron chi connectivity index (χ1n) is 6.19. The van der Waals surface area contributed by atoms with E-state index in [-0.39, 0.29) is 5.82 Å². The Hall–Kier alpha value is -2.69. The minimum absolute atomic E-state index is 0.252. The molecule has 5 heteroatoms. The molecule has 1 aromatic heterocycles. The van der Waals surface area contributed by atoms with Gasteiger partial charge in [0, 0.05) is 12.1 Å². The molecule has 0 saturated carbocycles. The summed E-state index contributed by atoms with van der Waals surface area (Å²) in [4.78, 5) is 4.25. The fraction of sp³-hybridized carbons (Fsp3) is 0.0667. The van der Waals surface area contributed by atoms with Crippen LogP contribution >= 0.6 is 0 Å². The van der Waals surface area contributed by atoms with E-state index in [0.717, 1.165) is 11.1 Å². The van der Waals surface area contributed by atoms with Crippen LogP contribution in [-0.2, 0) is 6.54 Å². The zero-order valence-corrected chi connectivity index (χ0v) is 10.6. The summed E-state index contributed by atoms with van der Waals surface area (Å²) < 4.78 is 17.9. The number of hydrogen-bond acceptors (Lipinski definition) is 4. The zero-order chi connectivity index (χ0) is 13.8. The highest BCUT2D eigenvalue weighted by atomic mass is 19.1. The topological polar surface area (TPSA) is 51.0 Å². The number of rotatable bonds is 4. The molecule has 2 aromatic carbocycles. The fourth-order valence-corrected chi connectivity index (χ4v) is 1.78. The van der Waals surface area contributed by atoms with Gasteiger partial charge in [0.2, 0.25) is 5.82 Å². The highest BCUT2D eigenvalue weighted by Gasteiger charge is 2.07. The maximum atomic E-state index is 12.8. The lowest BCUT2D eigenvalue weighted by atomic mass is 10.2. The predicted octanol–water partition coefficient (Wildman–Crippen LogP) is 3.49. The first-order valence-corrected chi connectivity index (χ1v) is 6.19. The minimum Gasteiger partial charge on any atom is -0.334 e. The molecule has 1 N–H and O–H groups in total. The summed E-state index contributed by atoms with van der Waals surface area (Å²) in [6, 6.07) is 16.2. The maximum Gasteiger partial charge on any atom is 0.322 e. The van der Waals surface area contributed by atoms with Crippen molar-refractivity contribution in [2.45, 2.75) is 6.54 Å². The molecule has 0 aliphatic rings. The Morgan fingerprint density at radius 2 is 1.75 bits per heavy atom. The number of anilines is 1. The van der Waals surface area contributed by atoms with Gasteiger partial charge in [-0.05, 0) is 17.7 Å².